The molecule has 2 rings (SSSR count). The van der Waals surface area contributed by atoms with E-state index < -0.39 is 17.7 Å². The van der Waals surface area contributed by atoms with Gasteiger partial charge >= 0.3 is 0 Å². The lowest BCUT2D eigenvalue weighted by atomic mass is 10.5. The zero-order valence-corrected chi connectivity index (χ0v) is 10.8. The van der Waals surface area contributed by atoms with Crippen LogP contribution < -0.4 is 5.32 Å². The van der Waals surface area contributed by atoms with Gasteiger partial charge in [0.15, 0.2) is 11.2 Å². The monoisotopic (exact) mass is 303 g/mol. The topological polar surface area (TPSA) is 110 Å². The summed E-state index contributed by atoms with van der Waals surface area (Å²) in [6, 6.07) is 0. The number of hydrogen-bond donors (Lipinski definition) is 2. The zero-order chi connectivity index (χ0) is 14.0. The number of halogens is 2. The van der Waals surface area contributed by atoms with Gasteiger partial charge in [-0.05, 0) is 0 Å². The SMILES string of the molecule is O=C(CCl)Nc1nc(O)c2ncn(C(=O)CCl)c2n1. The molecular weight excluding hydrogens is 297 g/mol. The predicted octanol–water partition coefficient (Wildman–Crippen LogP) is 0.588. The van der Waals surface area contributed by atoms with Gasteiger partial charge in [-0.2, -0.15) is 9.97 Å². The number of nitrogens with one attached hydrogen (secondary N) is 1. The molecule has 0 bridgehead atoms. The van der Waals surface area contributed by atoms with Crippen molar-refractivity contribution in [3.8, 4) is 5.88 Å². The zero-order valence-electron chi connectivity index (χ0n) is 9.30. The van der Waals surface area contributed by atoms with Crippen LogP contribution in [0.2, 0.25) is 0 Å². The minimum atomic E-state index is -0.546. The van der Waals surface area contributed by atoms with Gasteiger partial charge in [-0.3, -0.25) is 19.5 Å². The van der Waals surface area contributed by atoms with Crippen molar-refractivity contribution in [2.45, 2.75) is 0 Å². The maximum absolute atomic E-state index is 11.5. The van der Waals surface area contributed by atoms with Crippen LogP contribution in [-0.2, 0) is 4.79 Å². The van der Waals surface area contributed by atoms with E-state index in [1.807, 2.05) is 0 Å². The molecule has 1 amide bonds. The summed E-state index contributed by atoms with van der Waals surface area (Å²) in [6.45, 7) is 0. The summed E-state index contributed by atoms with van der Waals surface area (Å²) in [5.74, 6) is -2.23. The Balaban J connectivity index is 2.52. The Morgan fingerprint density at radius 3 is 2.68 bits per heavy atom. The van der Waals surface area contributed by atoms with E-state index in [1.54, 1.807) is 0 Å². The van der Waals surface area contributed by atoms with Gasteiger partial charge in [0.05, 0.1) is 0 Å². The first kappa shape index (κ1) is 13.5. The minimum absolute atomic E-state index is 0.0299. The van der Waals surface area contributed by atoms with Crippen LogP contribution in [-0.4, -0.2) is 48.2 Å². The summed E-state index contributed by atoms with van der Waals surface area (Å²) in [5, 5.41) is 11.9. The lowest BCUT2D eigenvalue weighted by Crippen LogP contribution is -2.16. The summed E-state index contributed by atoms with van der Waals surface area (Å²) in [5.41, 5.74) is 0.0744. The van der Waals surface area contributed by atoms with Crippen molar-refractivity contribution in [3.05, 3.63) is 6.33 Å². The average Bonchev–Trinajstić information content (AvgIpc) is 2.82. The third-order valence-corrected chi connectivity index (χ3v) is 2.60. The molecule has 0 radical (unpaired) electrons. The molecule has 0 aliphatic carbocycles. The molecule has 19 heavy (non-hydrogen) atoms. The van der Waals surface area contributed by atoms with Crippen molar-refractivity contribution >= 4 is 52.1 Å². The first-order valence-electron chi connectivity index (χ1n) is 4.96. The molecule has 2 N–H and O–H groups in total. The number of carbonyl (C=O) groups excluding carboxylic acids is 2. The first-order valence-corrected chi connectivity index (χ1v) is 6.02. The molecule has 0 aromatic carbocycles. The van der Waals surface area contributed by atoms with Crippen molar-refractivity contribution in [3.63, 3.8) is 0 Å². The van der Waals surface area contributed by atoms with E-state index in [9.17, 15) is 14.7 Å². The van der Waals surface area contributed by atoms with Crippen LogP contribution in [0.15, 0.2) is 6.33 Å². The van der Waals surface area contributed by atoms with Gasteiger partial charge in [-0.1, -0.05) is 0 Å². The highest BCUT2D eigenvalue weighted by Gasteiger charge is 2.16. The molecule has 100 valence electrons. The highest BCUT2D eigenvalue weighted by atomic mass is 35.5. The lowest BCUT2D eigenvalue weighted by molar-refractivity contribution is -0.114. The van der Waals surface area contributed by atoms with Crippen molar-refractivity contribution in [2.24, 2.45) is 0 Å². The smallest absolute Gasteiger partial charge is 0.248 e. The van der Waals surface area contributed by atoms with Crippen LogP contribution in [0.25, 0.3) is 11.2 Å². The van der Waals surface area contributed by atoms with Gasteiger partial charge in [0.2, 0.25) is 23.6 Å². The van der Waals surface area contributed by atoms with Crippen molar-refractivity contribution in [1.82, 2.24) is 19.5 Å². The Hall–Kier alpha value is -1.93. The number of aromatic nitrogens is 4. The van der Waals surface area contributed by atoms with Gasteiger partial charge < -0.3 is 5.11 Å². The fourth-order valence-corrected chi connectivity index (χ4v) is 1.54. The molecule has 2 heterocycles. The molecule has 2 aromatic heterocycles. The average molecular weight is 304 g/mol. The van der Waals surface area contributed by atoms with Gasteiger partial charge in [-0.15, -0.1) is 23.2 Å². The molecule has 0 saturated carbocycles. The molecule has 2 aromatic rings. The van der Waals surface area contributed by atoms with Crippen LogP contribution in [0.1, 0.15) is 4.79 Å². The Kier molecular flexibility index (Phi) is 3.82. The quantitative estimate of drug-likeness (QED) is 0.803. The predicted molar refractivity (Wildman–Crippen MR) is 67.7 cm³/mol. The molecule has 0 fully saturated rings. The third kappa shape index (κ3) is 2.59. The van der Waals surface area contributed by atoms with E-state index >= 15 is 0 Å². The second-order valence-electron chi connectivity index (χ2n) is 3.37. The number of anilines is 1. The van der Waals surface area contributed by atoms with E-state index in [-0.39, 0.29) is 28.9 Å². The Morgan fingerprint density at radius 2 is 2.05 bits per heavy atom. The van der Waals surface area contributed by atoms with E-state index in [0.717, 1.165) is 10.9 Å². The Morgan fingerprint density at radius 1 is 1.32 bits per heavy atom. The number of rotatable bonds is 3. The largest absolute Gasteiger partial charge is 0.492 e. The maximum Gasteiger partial charge on any atom is 0.248 e. The minimum Gasteiger partial charge on any atom is -0.492 e. The van der Waals surface area contributed by atoms with E-state index in [4.69, 9.17) is 23.2 Å². The Bertz CT molecular complexity index is 657. The molecule has 10 heteroatoms. The van der Waals surface area contributed by atoms with Gasteiger partial charge in [0.1, 0.15) is 18.1 Å². The van der Waals surface area contributed by atoms with Crippen LogP contribution in [0.4, 0.5) is 5.95 Å². The second-order valence-corrected chi connectivity index (χ2v) is 3.90. The number of nitrogens with zero attached hydrogens (tertiary/aromatic N) is 4. The van der Waals surface area contributed by atoms with Gasteiger partial charge in [-0.25, -0.2) is 4.98 Å². The molecule has 0 unspecified atom stereocenters. The van der Waals surface area contributed by atoms with Crippen LogP contribution >= 0.6 is 23.2 Å². The molecular formula is C9H7Cl2N5O3. The van der Waals surface area contributed by atoms with Crippen molar-refractivity contribution in [2.75, 3.05) is 17.1 Å². The molecule has 0 aliphatic heterocycles. The number of imidazole rings is 1. The molecule has 0 spiro atoms. The first-order chi connectivity index (χ1) is 9.06. The standard InChI is InChI=1S/C9H7Cl2N5O3/c10-1-4(17)13-9-14-7-6(8(19)15-9)12-3-16(7)5(18)2-11/h3H,1-2H2,(H2,13,14,15,17,19). The highest BCUT2D eigenvalue weighted by Crippen LogP contribution is 2.21. The molecule has 0 atom stereocenters. The normalized spacial score (nSPS) is 10.6. The second kappa shape index (κ2) is 5.37. The summed E-state index contributed by atoms with van der Waals surface area (Å²) >= 11 is 10.8. The van der Waals surface area contributed by atoms with E-state index in [1.165, 1.54) is 0 Å². The number of aromatic hydroxyl groups is 1. The van der Waals surface area contributed by atoms with Gasteiger partial charge in [0.25, 0.3) is 0 Å². The number of carbonyl (C=O) groups is 2. The molecule has 0 saturated heterocycles. The molecule has 0 aliphatic rings. The number of amides is 1. The highest BCUT2D eigenvalue weighted by molar-refractivity contribution is 6.29. The third-order valence-electron chi connectivity index (χ3n) is 2.13. The fourth-order valence-electron chi connectivity index (χ4n) is 1.35. The fraction of sp³-hybridized carbons (Fsp3) is 0.222. The molecule has 8 nitrogen and oxygen atoms in total. The number of alkyl halides is 2. The summed E-state index contributed by atoms with van der Waals surface area (Å²) < 4.78 is 1.06. The van der Waals surface area contributed by atoms with Gasteiger partial charge in [0, 0.05) is 0 Å². The van der Waals surface area contributed by atoms with Crippen LogP contribution in [0.5, 0.6) is 5.88 Å². The van der Waals surface area contributed by atoms with Crippen molar-refractivity contribution < 1.29 is 14.7 Å². The van der Waals surface area contributed by atoms with Crippen LogP contribution in [0, 0.1) is 0 Å². The lowest BCUT2D eigenvalue weighted by Gasteiger charge is -2.03. The summed E-state index contributed by atoms with van der Waals surface area (Å²) in [7, 11) is 0. The van der Waals surface area contributed by atoms with E-state index in [2.05, 4.69) is 20.3 Å². The van der Waals surface area contributed by atoms with Crippen molar-refractivity contribution in [1.29, 1.82) is 0 Å². The number of fused-ring (bicyclic) bond motifs is 1. The summed E-state index contributed by atoms with van der Waals surface area (Å²) in [6.07, 6.45) is 1.16. The summed E-state index contributed by atoms with van der Waals surface area (Å²) in [4.78, 5) is 34.0. The Labute approximate surface area is 116 Å². The maximum atomic E-state index is 11.5. The number of hydrogen-bond acceptors (Lipinski definition) is 6. The van der Waals surface area contributed by atoms with E-state index in [0.29, 0.717) is 0 Å². The van der Waals surface area contributed by atoms with Crippen LogP contribution in [0.3, 0.4) is 0 Å².